The van der Waals surface area contributed by atoms with E-state index in [0.717, 1.165) is 5.39 Å². The van der Waals surface area contributed by atoms with E-state index in [1.54, 1.807) is 26.2 Å². The highest BCUT2D eigenvalue weighted by Gasteiger charge is 2.26. The summed E-state index contributed by atoms with van der Waals surface area (Å²) in [4.78, 5) is 24.4. The molecule has 0 saturated carbocycles. The summed E-state index contributed by atoms with van der Waals surface area (Å²) in [5.74, 6) is 0.211. The second-order valence-corrected chi connectivity index (χ2v) is 6.10. The summed E-state index contributed by atoms with van der Waals surface area (Å²) < 4.78 is 15.6. The zero-order chi connectivity index (χ0) is 17.9. The highest BCUT2D eigenvalue weighted by molar-refractivity contribution is 6.00. The molecule has 0 bridgehead atoms. The predicted octanol–water partition coefficient (Wildman–Crippen LogP) is 3.07. The molecule has 2 rings (SSSR count). The van der Waals surface area contributed by atoms with E-state index in [2.05, 4.69) is 5.32 Å². The van der Waals surface area contributed by atoms with E-state index >= 15 is 0 Å². The number of hydrogen-bond donors (Lipinski definition) is 1. The van der Waals surface area contributed by atoms with Crippen LogP contribution >= 0.6 is 0 Å². The monoisotopic (exact) mass is 333 g/mol. The number of benzene rings is 1. The molecule has 24 heavy (non-hydrogen) atoms. The minimum atomic E-state index is -0.704. The minimum absolute atomic E-state index is 0.191. The molecule has 1 aromatic heterocycles. The van der Waals surface area contributed by atoms with Crippen LogP contribution in [0.15, 0.2) is 22.6 Å². The van der Waals surface area contributed by atoms with Crippen LogP contribution in [0, 0.1) is 12.8 Å². The van der Waals surface area contributed by atoms with Crippen molar-refractivity contribution in [1.82, 2.24) is 5.32 Å². The summed E-state index contributed by atoms with van der Waals surface area (Å²) in [5.41, 5.74) is 1.30. The lowest BCUT2D eigenvalue weighted by molar-refractivity contribution is -0.143. The van der Waals surface area contributed by atoms with Crippen LogP contribution in [0.3, 0.4) is 0 Å². The van der Waals surface area contributed by atoms with Gasteiger partial charge in [-0.25, -0.2) is 4.79 Å². The molecule has 0 aliphatic carbocycles. The molecular weight excluding hydrogens is 310 g/mol. The van der Waals surface area contributed by atoms with Gasteiger partial charge in [0.2, 0.25) is 0 Å². The van der Waals surface area contributed by atoms with Crippen LogP contribution in [-0.4, -0.2) is 32.1 Å². The average Bonchev–Trinajstić information content (AvgIpc) is 2.89. The van der Waals surface area contributed by atoms with E-state index in [0.29, 0.717) is 23.3 Å². The van der Waals surface area contributed by atoms with E-state index in [1.165, 1.54) is 7.11 Å². The van der Waals surface area contributed by atoms with Crippen molar-refractivity contribution in [2.75, 3.05) is 14.2 Å². The summed E-state index contributed by atoms with van der Waals surface area (Å²) in [5, 5.41) is 3.51. The first-order chi connectivity index (χ1) is 11.4. The number of rotatable bonds is 6. The Morgan fingerprint density at radius 1 is 1.25 bits per heavy atom. The normalized spacial score (nSPS) is 12.2. The number of hydrogen-bond acceptors (Lipinski definition) is 5. The van der Waals surface area contributed by atoms with Crippen LogP contribution in [0.25, 0.3) is 11.0 Å². The van der Waals surface area contributed by atoms with Crippen molar-refractivity contribution in [1.29, 1.82) is 0 Å². The third-order valence-electron chi connectivity index (χ3n) is 3.85. The van der Waals surface area contributed by atoms with Crippen LogP contribution in [0.5, 0.6) is 5.75 Å². The first-order valence-corrected chi connectivity index (χ1v) is 7.83. The molecule has 1 heterocycles. The maximum Gasteiger partial charge on any atom is 0.328 e. The van der Waals surface area contributed by atoms with Crippen LogP contribution in [-0.2, 0) is 9.53 Å². The molecule has 1 N–H and O–H groups in total. The molecule has 1 unspecified atom stereocenters. The molecule has 0 saturated heterocycles. The molecule has 1 amide bonds. The average molecular weight is 333 g/mol. The maximum atomic E-state index is 12.6. The number of fused-ring (bicyclic) bond motifs is 1. The van der Waals surface area contributed by atoms with Gasteiger partial charge in [-0.05, 0) is 37.5 Å². The van der Waals surface area contributed by atoms with Gasteiger partial charge in [-0.15, -0.1) is 0 Å². The van der Waals surface area contributed by atoms with Crippen molar-refractivity contribution in [3.8, 4) is 5.75 Å². The van der Waals surface area contributed by atoms with Gasteiger partial charge in [-0.3, -0.25) is 4.79 Å². The number of carbonyl (C=O) groups excluding carboxylic acids is 2. The molecule has 0 radical (unpaired) electrons. The Labute approximate surface area is 141 Å². The largest absolute Gasteiger partial charge is 0.497 e. The third-order valence-corrected chi connectivity index (χ3v) is 3.85. The molecular formula is C18H23NO5. The quantitative estimate of drug-likeness (QED) is 0.822. The van der Waals surface area contributed by atoms with E-state index in [-0.39, 0.29) is 11.7 Å². The Kier molecular flexibility index (Phi) is 5.49. The molecule has 6 heteroatoms. The SMILES string of the molecule is COC(=O)C(CC(C)C)NC(=O)c1oc2ccc(OC)cc2c1C. The van der Waals surface area contributed by atoms with Crippen molar-refractivity contribution >= 4 is 22.8 Å². The zero-order valence-electron chi connectivity index (χ0n) is 14.6. The molecule has 0 fully saturated rings. The lowest BCUT2D eigenvalue weighted by Crippen LogP contribution is -2.42. The number of ether oxygens (including phenoxy) is 2. The summed E-state index contributed by atoms with van der Waals surface area (Å²) >= 11 is 0. The van der Waals surface area contributed by atoms with E-state index in [4.69, 9.17) is 13.9 Å². The lowest BCUT2D eigenvalue weighted by atomic mass is 10.0. The summed E-state index contributed by atoms with van der Waals surface area (Å²) in [6.07, 6.45) is 0.492. The minimum Gasteiger partial charge on any atom is -0.497 e. The Morgan fingerprint density at radius 3 is 2.54 bits per heavy atom. The smallest absolute Gasteiger partial charge is 0.328 e. The van der Waals surface area contributed by atoms with Gasteiger partial charge in [0.15, 0.2) is 5.76 Å². The Bertz CT molecular complexity index is 747. The number of furan rings is 1. The summed E-state index contributed by atoms with van der Waals surface area (Å²) in [6.45, 7) is 5.75. The molecule has 6 nitrogen and oxygen atoms in total. The van der Waals surface area contributed by atoms with Crippen molar-refractivity contribution in [2.45, 2.75) is 33.2 Å². The third kappa shape index (κ3) is 3.69. The first-order valence-electron chi connectivity index (χ1n) is 7.83. The van der Waals surface area contributed by atoms with Gasteiger partial charge in [0, 0.05) is 10.9 Å². The van der Waals surface area contributed by atoms with Crippen LogP contribution in [0.2, 0.25) is 0 Å². The molecule has 1 aromatic carbocycles. The van der Waals surface area contributed by atoms with Crippen LogP contribution < -0.4 is 10.1 Å². The molecule has 2 aromatic rings. The standard InChI is InChI=1S/C18H23NO5/c1-10(2)8-14(18(21)23-5)19-17(20)16-11(3)13-9-12(22-4)6-7-15(13)24-16/h6-7,9-10,14H,8H2,1-5H3,(H,19,20). The highest BCUT2D eigenvalue weighted by atomic mass is 16.5. The van der Waals surface area contributed by atoms with Crippen LogP contribution in [0.4, 0.5) is 0 Å². The molecule has 0 spiro atoms. The van der Waals surface area contributed by atoms with Gasteiger partial charge in [0.05, 0.1) is 14.2 Å². The molecule has 130 valence electrons. The second-order valence-electron chi connectivity index (χ2n) is 6.10. The maximum absolute atomic E-state index is 12.6. The lowest BCUT2D eigenvalue weighted by Gasteiger charge is -2.17. The van der Waals surface area contributed by atoms with Gasteiger partial charge in [-0.1, -0.05) is 13.8 Å². The van der Waals surface area contributed by atoms with Crippen molar-refractivity contribution in [2.24, 2.45) is 5.92 Å². The molecule has 0 aliphatic rings. The van der Waals surface area contributed by atoms with Gasteiger partial charge in [-0.2, -0.15) is 0 Å². The number of carbonyl (C=O) groups is 2. The Balaban J connectivity index is 2.29. The number of methoxy groups -OCH3 is 2. The van der Waals surface area contributed by atoms with E-state index in [1.807, 2.05) is 19.9 Å². The predicted molar refractivity (Wildman–Crippen MR) is 90.2 cm³/mol. The van der Waals surface area contributed by atoms with Crippen molar-refractivity contribution in [3.05, 3.63) is 29.5 Å². The van der Waals surface area contributed by atoms with Crippen molar-refractivity contribution < 1.29 is 23.5 Å². The fraction of sp³-hybridized carbons (Fsp3) is 0.444. The number of nitrogens with one attached hydrogen (secondary N) is 1. The second kappa shape index (κ2) is 7.38. The highest BCUT2D eigenvalue weighted by Crippen LogP contribution is 2.28. The van der Waals surface area contributed by atoms with Crippen LogP contribution in [0.1, 0.15) is 36.4 Å². The van der Waals surface area contributed by atoms with Gasteiger partial charge >= 0.3 is 5.97 Å². The Hall–Kier alpha value is -2.50. The topological polar surface area (TPSA) is 77.8 Å². The Morgan fingerprint density at radius 2 is 1.96 bits per heavy atom. The first kappa shape index (κ1) is 17.8. The fourth-order valence-electron chi connectivity index (χ4n) is 2.60. The molecule has 0 aliphatic heterocycles. The fourth-order valence-corrected chi connectivity index (χ4v) is 2.60. The van der Waals surface area contributed by atoms with Gasteiger partial charge < -0.3 is 19.2 Å². The zero-order valence-corrected chi connectivity index (χ0v) is 14.6. The van der Waals surface area contributed by atoms with Gasteiger partial charge in [0.1, 0.15) is 17.4 Å². The molecule has 1 atom stereocenters. The van der Waals surface area contributed by atoms with Crippen molar-refractivity contribution in [3.63, 3.8) is 0 Å². The summed E-state index contributed by atoms with van der Waals surface area (Å²) in [6, 6.07) is 4.63. The van der Waals surface area contributed by atoms with E-state index in [9.17, 15) is 9.59 Å². The number of aryl methyl sites for hydroxylation is 1. The van der Waals surface area contributed by atoms with Gasteiger partial charge in [0.25, 0.3) is 5.91 Å². The number of amides is 1. The van der Waals surface area contributed by atoms with E-state index < -0.39 is 17.9 Å². The number of esters is 1. The summed E-state index contributed by atoms with van der Waals surface area (Å²) in [7, 11) is 2.89.